The van der Waals surface area contributed by atoms with Gasteiger partial charge in [-0.25, -0.2) is 8.42 Å². The van der Waals surface area contributed by atoms with E-state index in [9.17, 15) is 18.0 Å². The standard InChI is InChI=1S/C25H31NO6S/c1-18-6-7-19(2)22(16-18)33(29,30)25(13-4-5-14-25)24(28)32-17-23(27)26-15-12-20-8-10-21(31-3)11-9-20/h6-11,16H,4-5,12-15,17H2,1-3H3,(H,26,27). The molecule has 0 saturated heterocycles. The molecule has 0 heterocycles. The van der Waals surface area contributed by atoms with E-state index in [2.05, 4.69) is 5.32 Å². The van der Waals surface area contributed by atoms with E-state index in [1.54, 1.807) is 26.2 Å². The molecule has 0 spiro atoms. The summed E-state index contributed by atoms with van der Waals surface area (Å²) < 4.78 is 35.9. The Kier molecular flexibility index (Phi) is 7.79. The first kappa shape index (κ1) is 24.8. The fourth-order valence-electron chi connectivity index (χ4n) is 4.19. The van der Waals surface area contributed by atoms with Crippen LogP contribution in [0.4, 0.5) is 0 Å². The highest BCUT2D eigenvalue weighted by molar-refractivity contribution is 7.93. The molecule has 1 aliphatic rings. The Hall–Kier alpha value is -2.87. The number of benzene rings is 2. The monoisotopic (exact) mass is 473 g/mol. The van der Waals surface area contributed by atoms with Crippen LogP contribution in [-0.4, -0.2) is 45.3 Å². The first-order valence-electron chi connectivity index (χ1n) is 11.1. The summed E-state index contributed by atoms with van der Waals surface area (Å²) >= 11 is 0. The molecule has 0 atom stereocenters. The lowest BCUT2D eigenvalue weighted by Crippen LogP contribution is -2.46. The van der Waals surface area contributed by atoms with Gasteiger partial charge in [0.1, 0.15) is 5.75 Å². The number of carbonyl (C=O) groups excluding carboxylic acids is 2. The Morgan fingerprint density at radius 2 is 1.70 bits per heavy atom. The zero-order chi connectivity index (χ0) is 24.1. The molecule has 2 aromatic carbocycles. The summed E-state index contributed by atoms with van der Waals surface area (Å²) in [5.41, 5.74) is 2.42. The number of nitrogens with one attached hydrogen (secondary N) is 1. The van der Waals surface area contributed by atoms with Gasteiger partial charge in [-0.05, 0) is 68.0 Å². The van der Waals surface area contributed by atoms with Crippen molar-refractivity contribution < 1.29 is 27.5 Å². The summed E-state index contributed by atoms with van der Waals surface area (Å²) in [6.45, 7) is 3.39. The minimum Gasteiger partial charge on any atom is -0.497 e. The number of carbonyl (C=O) groups is 2. The van der Waals surface area contributed by atoms with E-state index in [-0.39, 0.29) is 17.7 Å². The van der Waals surface area contributed by atoms with E-state index in [4.69, 9.17) is 9.47 Å². The van der Waals surface area contributed by atoms with Gasteiger partial charge in [-0.2, -0.15) is 0 Å². The van der Waals surface area contributed by atoms with Crippen LogP contribution < -0.4 is 10.1 Å². The van der Waals surface area contributed by atoms with Crippen LogP contribution in [0.25, 0.3) is 0 Å². The molecule has 1 N–H and O–H groups in total. The lowest BCUT2D eigenvalue weighted by Gasteiger charge is -2.27. The van der Waals surface area contributed by atoms with Gasteiger partial charge < -0.3 is 14.8 Å². The third-order valence-corrected chi connectivity index (χ3v) is 8.78. The number of ether oxygens (including phenoxy) is 2. The number of sulfone groups is 1. The average Bonchev–Trinajstić information content (AvgIpc) is 3.31. The molecule has 1 amide bonds. The Balaban J connectivity index is 1.62. The van der Waals surface area contributed by atoms with Gasteiger partial charge in [0.2, 0.25) is 0 Å². The molecular formula is C25H31NO6S. The summed E-state index contributed by atoms with van der Waals surface area (Å²) in [7, 11) is -2.38. The molecule has 1 saturated carbocycles. The van der Waals surface area contributed by atoms with Crippen molar-refractivity contribution in [1.82, 2.24) is 5.32 Å². The number of hydrogen-bond acceptors (Lipinski definition) is 6. The number of hydrogen-bond donors (Lipinski definition) is 1. The van der Waals surface area contributed by atoms with Gasteiger partial charge in [0.25, 0.3) is 5.91 Å². The number of aryl methyl sites for hydroxylation is 2. The molecule has 7 nitrogen and oxygen atoms in total. The maximum Gasteiger partial charge on any atom is 0.328 e. The molecule has 1 aliphatic carbocycles. The van der Waals surface area contributed by atoms with Crippen molar-refractivity contribution in [1.29, 1.82) is 0 Å². The van der Waals surface area contributed by atoms with E-state index < -0.39 is 33.1 Å². The van der Waals surface area contributed by atoms with Gasteiger partial charge in [-0.1, -0.05) is 37.1 Å². The van der Waals surface area contributed by atoms with Crippen LogP contribution in [0, 0.1) is 13.8 Å². The molecule has 3 rings (SSSR count). The van der Waals surface area contributed by atoms with Crippen molar-refractivity contribution in [2.24, 2.45) is 0 Å². The second kappa shape index (κ2) is 10.4. The molecule has 0 aromatic heterocycles. The van der Waals surface area contributed by atoms with Crippen molar-refractivity contribution in [3.63, 3.8) is 0 Å². The quantitative estimate of drug-likeness (QED) is 0.561. The fraction of sp³-hybridized carbons (Fsp3) is 0.440. The van der Waals surface area contributed by atoms with Gasteiger partial charge in [-0.15, -0.1) is 0 Å². The number of esters is 1. The molecule has 0 bridgehead atoms. The van der Waals surface area contributed by atoms with E-state index in [0.29, 0.717) is 31.4 Å². The van der Waals surface area contributed by atoms with E-state index in [1.807, 2.05) is 37.3 Å². The Labute approximate surface area is 195 Å². The van der Waals surface area contributed by atoms with Crippen molar-refractivity contribution in [2.45, 2.75) is 55.6 Å². The van der Waals surface area contributed by atoms with Crippen molar-refractivity contribution >= 4 is 21.7 Å². The smallest absolute Gasteiger partial charge is 0.328 e. The number of methoxy groups -OCH3 is 1. The summed E-state index contributed by atoms with van der Waals surface area (Å²) in [6, 6.07) is 12.7. The van der Waals surface area contributed by atoms with Crippen LogP contribution >= 0.6 is 0 Å². The van der Waals surface area contributed by atoms with E-state index in [0.717, 1.165) is 16.9 Å². The highest BCUT2D eigenvalue weighted by Gasteiger charge is 2.54. The highest BCUT2D eigenvalue weighted by atomic mass is 32.2. The Morgan fingerprint density at radius 1 is 1.03 bits per heavy atom. The maximum absolute atomic E-state index is 13.6. The summed E-state index contributed by atoms with van der Waals surface area (Å²) in [5.74, 6) is -0.549. The van der Waals surface area contributed by atoms with Gasteiger partial charge in [0.05, 0.1) is 12.0 Å². The van der Waals surface area contributed by atoms with Crippen molar-refractivity contribution in [3.8, 4) is 5.75 Å². The second-order valence-corrected chi connectivity index (χ2v) is 10.7. The molecule has 2 aromatic rings. The van der Waals surface area contributed by atoms with Gasteiger partial charge >= 0.3 is 5.97 Å². The van der Waals surface area contributed by atoms with Crippen LogP contribution in [0.1, 0.15) is 42.4 Å². The third kappa shape index (κ3) is 5.38. The molecular weight excluding hydrogens is 442 g/mol. The summed E-state index contributed by atoms with van der Waals surface area (Å²) in [5, 5.41) is 2.71. The Bertz CT molecular complexity index is 1100. The predicted octanol–water partition coefficient (Wildman–Crippen LogP) is 3.30. The van der Waals surface area contributed by atoms with Gasteiger partial charge in [-0.3, -0.25) is 9.59 Å². The highest BCUT2D eigenvalue weighted by Crippen LogP contribution is 2.42. The van der Waals surface area contributed by atoms with Crippen LogP contribution in [0.3, 0.4) is 0 Å². The summed E-state index contributed by atoms with van der Waals surface area (Å²) in [4.78, 5) is 25.4. The van der Waals surface area contributed by atoms with Crippen LogP contribution in [0.2, 0.25) is 0 Å². The number of rotatable bonds is 9. The zero-order valence-corrected chi connectivity index (χ0v) is 20.2. The lowest BCUT2D eigenvalue weighted by atomic mass is 10.1. The van der Waals surface area contributed by atoms with Gasteiger partial charge in [0, 0.05) is 6.54 Å². The summed E-state index contributed by atoms with van der Waals surface area (Å²) in [6.07, 6.45) is 2.23. The minimum absolute atomic E-state index is 0.158. The van der Waals surface area contributed by atoms with Crippen LogP contribution in [0.5, 0.6) is 5.75 Å². The second-order valence-electron chi connectivity index (χ2n) is 8.50. The average molecular weight is 474 g/mol. The first-order valence-corrected chi connectivity index (χ1v) is 12.6. The SMILES string of the molecule is COc1ccc(CCNC(=O)COC(=O)C2(S(=O)(=O)c3cc(C)ccc3C)CCCC2)cc1. The topological polar surface area (TPSA) is 98.8 Å². The molecule has 0 aliphatic heterocycles. The largest absolute Gasteiger partial charge is 0.497 e. The van der Waals surface area contributed by atoms with E-state index in [1.165, 1.54) is 0 Å². The van der Waals surface area contributed by atoms with Crippen molar-refractivity contribution in [3.05, 3.63) is 59.2 Å². The van der Waals surface area contributed by atoms with Gasteiger partial charge in [0.15, 0.2) is 21.2 Å². The van der Waals surface area contributed by atoms with Crippen LogP contribution in [0.15, 0.2) is 47.4 Å². The number of amides is 1. The van der Waals surface area contributed by atoms with Crippen LogP contribution in [-0.2, 0) is 30.6 Å². The van der Waals surface area contributed by atoms with Crippen molar-refractivity contribution in [2.75, 3.05) is 20.3 Å². The Morgan fingerprint density at radius 3 is 2.33 bits per heavy atom. The maximum atomic E-state index is 13.6. The van der Waals surface area contributed by atoms with E-state index >= 15 is 0 Å². The molecule has 1 fully saturated rings. The minimum atomic E-state index is -3.98. The molecule has 0 radical (unpaired) electrons. The lowest BCUT2D eigenvalue weighted by molar-refractivity contribution is -0.151. The normalized spacial score (nSPS) is 15.1. The molecule has 8 heteroatoms. The predicted molar refractivity (Wildman–Crippen MR) is 125 cm³/mol. The molecule has 33 heavy (non-hydrogen) atoms. The fourth-order valence-corrected chi connectivity index (χ4v) is 6.55. The third-order valence-electron chi connectivity index (χ3n) is 6.16. The first-order chi connectivity index (χ1) is 15.7. The molecule has 0 unspecified atom stereocenters. The molecule has 178 valence electrons. The zero-order valence-electron chi connectivity index (χ0n) is 19.3.